The molecule has 1 N–H and O–H groups in total. The molecule has 0 bridgehead atoms. The largest absolute Gasteiger partial charge is 0.313 e. The Morgan fingerprint density at radius 2 is 2.54 bits per heavy atom. The van der Waals surface area contributed by atoms with Gasteiger partial charge >= 0.3 is 0 Å². The third kappa shape index (κ3) is 4.04. The van der Waals surface area contributed by atoms with Gasteiger partial charge in [0.25, 0.3) is 0 Å². The molecule has 0 saturated heterocycles. The van der Waals surface area contributed by atoms with Crippen LogP contribution in [-0.2, 0) is 0 Å². The molecule has 72 valence electrons. The van der Waals surface area contributed by atoms with Crippen LogP contribution in [0.25, 0.3) is 0 Å². The van der Waals surface area contributed by atoms with Gasteiger partial charge in [-0.3, -0.25) is 4.99 Å². The summed E-state index contributed by atoms with van der Waals surface area (Å²) in [4.78, 5) is 4.47. The highest BCUT2D eigenvalue weighted by atomic mass is 14.9. The van der Waals surface area contributed by atoms with Gasteiger partial charge in [0, 0.05) is 12.3 Å². The fourth-order valence-electron chi connectivity index (χ4n) is 1.33. The summed E-state index contributed by atoms with van der Waals surface area (Å²) < 4.78 is 0. The summed E-state index contributed by atoms with van der Waals surface area (Å²) in [5.74, 6) is 0. The molecule has 0 spiro atoms. The van der Waals surface area contributed by atoms with Gasteiger partial charge in [0.1, 0.15) is 0 Å². The third-order valence-electron chi connectivity index (χ3n) is 2.10. The molecule has 0 aromatic rings. The van der Waals surface area contributed by atoms with E-state index in [1.807, 2.05) is 26.0 Å². The fraction of sp³-hybridized carbons (Fsp3) is 0.545. The second kappa shape index (κ2) is 5.70. The fourth-order valence-corrected chi connectivity index (χ4v) is 1.33. The smallest absolute Gasteiger partial charge is 0.0603 e. The Hall–Kier alpha value is -0.890. The van der Waals surface area contributed by atoms with E-state index in [0.29, 0.717) is 0 Å². The van der Waals surface area contributed by atoms with E-state index in [2.05, 4.69) is 16.4 Å². The standard InChI is InChI=1S/C11H18N2/c1-3-4-10(2)13-9-11-5-7-12-8-6-11/h3-5,12H,6-9H2,1-2H3/b4-3-,13-10?. The van der Waals surface area contributed by atoms with E-state index >= 15 is 0 Å². The summed E-state index contributed by atoms with van der Waals surface area (Å²) in [6, 6.07) is 0. The zero-order chi connectivity index (χ0) is 9.52. The Bertz CT molecular complexity index is 236. The molecule has 2 nitrogen and oxygen atoms in total. The van der Waals surface area contributed by atoms with Crippen LogP contribution in [0.3, 0.4) is 0 Å². The van der Waals surface area contributed by atoms with Crippen molar-refractivity contribution in [2.45, 2.75) is 20.3 Å². The first-order chi connectivity index (χ1) is 6.33. The van der Waals surface area contributed by atoms with Gasteiger partial charge in [-0.2, -0.15) is 0 Å². The second-order valence-corrected chi connectivity index (χ2v) is 3.27. The molecule has 2 heteroatoms. The van der Waals surface area contributed by atoms with E-state index < -0.39 is 0 Å². The van der Waals surface area contributed by atoms with Crippen LogP contribution < -0.4 is 5.32 Å². The molecular formula is C11H18N2. The number of rotatable bonds is 3. The molecule has 0 saturated carbocycles. The lowest BCUT2D eigenvalue weighted by molar-refractivity contribution is 0.694. The summed E-state index contributed by atoms with van der Waals surface area (Å²) in [6.07, 6.45) is 7.46. The highest BCUT2D eigenvalue weighted by molar-refractivity contribution is 5.92. The number of nitrogens with one attached hydrogen (secondary N) is 1. The first kappa shape index (κ1) is 10.2. The van der Waals surface area contributed by atoms with Crippen LogP contribution in [0.2, 0.25) is 0 Å². The van der Waals surface area contributed by atoms with E-state index in [-0.39, 0.29) is 0 Å². The lowest BCUT2D eigenvalue weighted by Crippen LogP contribution is -2.21. The molecule has 0 aromatic carbocycles. The highest BCUT2D eigenvalue weighted by Gasteiger charge is 2.00. The molecule has 0 aromatic heterocycles. The summed E-state index contributed by atoms with van der Waals surface area (Å²) in [6.45, 7) is 7.04. The number of nitrogens with zero attached hydrogens (tertiary/aromatic N) is 1. The van der Waals surface area contributed by atoms with Crippen LogP contribution in [0.15, 0.2) is 28.8 Å². The Kier molecular flexibility index (Phi) is 4.47. The molecule has 0 amide bonds. The van der Waals surface area contributed by atoms with Gasteiger partial charge in [0.15, 0.2) is 0 Å². The van der Waals surface area contributed by atoms with Crippen molar-refractivity contribution in [3.8, 4) is 0 Å². The summed E-state index contributed by atoms with van der Waals surface area (Å²) in [5, 5.41) is 3.29. The molecule has 1 aliphatic heterocycles. The van der Waals surface area contributed by atoms with Gasteiger partial charge in [-0.1, -0.05) is 17.7 Å². The molecule has 0 atom stereocenters. The van der Waals surface area contributed by atoms with E-state index in [1.54, 1.807) is 0 Å². The van der Waals surface area contributed by atoms with E-state index in [1.165, 1.54) is 5.57 Å². The summed E-state index contributed by atoms with van der Waals surface area (Å²) in [7, 11) is 0. The number of hydrogen-bond donors (Lipinski definition) is 1. The minimum absolute atomic E-state index is 0.873. The van der Waals surface area contributed by atoms with Crippen LogP contribution in [0.4, 0.5) is 0 Å². The summed E-state index contributed by atoms with van der Waals surface area (Å²) in [5.41, 5.74) is 2.57. The molecule has 0 unspecified atom stereocenters. The molecule has 1 heterocycles. The van der Waals surface area contributed by atoms with E-state index in [4.69, 9.17) is 0 Å². The maximum Gasteiger partial charge on any atom is 0.0603 e. The average molecular weight is 178 g/mol. The van der Waals surface area contributed by atoms with Crippen LogP contribution in [0, 0.1) is 0 Å². The van der Waals surface area contributed by atoms with Crippen molar-refractivity contribution in [1.29, 1.82) is 0 Å². The zero-order valence-corrected chi connectivity index (χ0v) is 8.51. The van der Waals surface area contributed by atoms with Crippen molar-refractivity contribution >= 4 is 5.71 Å². The van der Waals surface area contributed by atoms with E-state index in [0.717, 1.165) is 31.8 Å². The number of aliphatic imine (C=N–C) groups is 1. The predicted octanol–water partition coefficient (Wildman–Crippen LogP) is 1.94. The van der Waals surface area contributed by atoms with Crippen LogP contribution in [0.5, 0.6) is 0 Å². The zero-order valence-electron chi connectivity index (χ0n) is 8.51. The molecule has 1 aliphatic rings. The van der Waals surface area contributed by atoms with Crippen molar-refractivity contribution in [2.24, 2.45) is 4.99 Å². The van der Waals surface area contributed by atoms with Crippen LogP contribution in [0.1, 0.15) is 20.3 Å². The van der Waals surface area contributed by atoms with Gasteiger partial charge in [0.2, 0.25) is 0 Å². The maximum absolute atomic E-state index is 4.47. The quantitative estimate of drug-likeness (QED) is 0.518. The Morgan fingerprint density at radius 3 is 3.15 bits per heavy atom. The van der Waals surface area contributed by atoms with Crippen molar-refractivity contribution in [1.82, 2.24) is 5.32 Å². The number of allylic oxidation sites excluding steroid dienone is 2. The topological polar surface area (TPSA) is 24.4 Å². The van der Waals surface area contributed by atoms with Crippen molar-refractivity contribution in [3.05, 3.63) is 23.8 Å². The Balaban J connectivity index is 2.40. The highest BCUT2D eigenvalue weighted by Crippen LogP contribution is 2.04. The lowest BCUT2D eigenvalue weighted by Gasteiger charge is -2.11. The Morgan fingerprint density at radius 1 is 1.69 bits per heavy atom. The minimum atomic E-state index is 0.873. The van der Waals surface area contributed by atoms with Gasteiger partial charge in [-0.25, -0.2) is 0 Å². The monoisotopic (exact) mass is 178 g/mol. The second-order valence-electron chi connectivity index (χ2n) is 3.27. The molecule has 0 radical (unpaired) electrons. The van der Waals surface area contributed by atoms with Gasteiger partial charge in [0.05, 0.1) is 6.54 Å². The lowest BCUT2D eigenvalue weighted by atomic mass is 10.1. The van der Waals surface area contributed by atoms with Gasteiger partial charge in [-0.15, -0.1) is 0 Å². The third-order valence-corrected chi connectivity index (χ3v) is 2.10. The molecule has 13 heavy (non-hydrogen) atoms. The molecule has 1 rings (SSSR count). The maximum atomic E-state index is 4.47. The van der Waals surface area contributed by atoms with Crippen molar-refractivity contribution < 1.29 is 0 Å². The predicted molar refractivity (Wildman–Crippen MR) is 58.4 cm³/mol. The average Bonchev–Trinajstić information content (AvgIpc) is 2.17. The van der Waals surface area contributed by atoms with Crippen molar-refractivity contribution in [3.63, 3.8) is 0 Å². The SMILES string of the molecule is C/C=C\C(C)=NCC1=CCNCC1. The molecular weight excluding hydrogens is 160 g/mol. The van der Waals surface area contributed by atoms with Crippen LogP contribution >= 0.6 is 0 Å². The first-order valence-electron chi connectivity index (χ1n) is 4.85. The van der Waals surface area contributed by atoms with Gasteiger partial charge < -0.3 is 5.32 Å². The molecule has 0 fully saturated rings. The Labute approximate surface area is 80.4 Å². The normalized spacial score (nSPS) is 19.2. The molecule has 0 aliphatic carbocycles. The van der Waals surface area contributed by atoms with Gasteiger partial charge in [-0.05, 0) is 32.9 Å². The number of hydrogen-bond acceptors (Lipinski definition) is 2. The first-order valence-corrected chi connectivity index (χ1v) is 4.85. The summed E-state index contributed by atoms with van der Waals surface area (Å²) >= 11 is 0. The minimum Gasteiger partial charge on any atom is -0.313 e. The van der Waals surface area contributed by atoms with E-state index in [9.17, 15) is 0 Å². The van der Waals surface area contributed by atoms with Crippen LogP contribution in [-0.4, -0.2) is 25.3 Å². The van der Waals surface area contributed by atoms with Crippen molar-refractivity contribution in [2.75, 3.05) is 19.6 Å².